The van der Waals surface area contributed by atoms with Crippen LogP contribution in [-0.4, -0.2) is 19.3 Å². The number of rotatable bonds is 4. The van der Waals surface area contributed by atoms with Crippen LogP contribution < -0.4 is 9.47 Å². The molecule has 1 atom stereocenters. The second-order valence-electron chi connectivity index (χ2n) is 3.73. The van der Waals surface area contributed by atoms with E-state index in [1.54, 1.807) is 27.2 Å². The fourth-order valence-corrected chi connectivity index (χ4v) is 1.32. The summed E-state index contributed by atoms with van der Waals surface area (Å²) in [4.78, 5) is 0. The predicted octanol–water partition coefficient (Wildman–Crippen LogP) is 2.32. The van der Waals surface area contributed by atoms with E-state index in [2.05, 4.69) is 0 Å². The molecule has 0 aliphatic heterocycles. The van der Waals surface area contributed by atoms with E-state index in [0.717, 1.165) is 5.56 Å². The van der Waals surface area contributed by atoms with Crippen molar-refractivity contribution in [3.05, 3.63) is 23.8 Å². The Morgan fingerprint density at radius 3 is 1.93 bits per heavy atom. The molecule has 15 heavy (non-hydrogen) atoms. The number of ether oxygens (including phenoxy) is 2. The van der Waals surface area contributed by atoms with Crippen molar-refractivity contribution in [1.82, 2.24) is 0 Å². The van der Waals surface area contributed by atoms with E-state index >= 15 is 0 Å². The highest BCUT2D eigenvalue weighted by molar-refractivity contribution is 5.40. The van der Waals surface area contributed by atoms with Crippen molar-refractivity contribution in [2.75, 3.05) is 14.2 Å². The van der Waals surface area contributed by atoms with E-state index in [4.69, 9.17) is 9.47 Å². The van der Waals surface area contributed by atoms with Crippen LogP contribution in [0.5, 0.6) is 11.5 Å². The van der Waals surface area contributed by atoms with Gasteiger partial charge in [-0.3, -0.25) is 0 Å². The summed E-state index contributed by atoms with van der Waals surface area (Å²) in [5.74, 6) is 1.39. The zero-order valence-electron chi connectivity index (χ0n) is 9.70. The van der Waals surface area contributed by atoms with Crippen LogP contribution in [0.1, 0.15) is 25.8 Å². The molecule has 1 aromatic rings. The maximum Gasteiger partial charge on any atom is 0.122 e. The Labute approximate surface area is 90.6 Å². The highest BCUT2D eigenvalue weighted by Gasteiger charge is 2.21. The quantitative estimate of drug-likeness (QED) is 0.828. The Hall–Kier alpha value is -1.22. The largest absolute Gasteiger partial charge is 0.497 e. The fraction of sp³-hybridized carbons (Fsp3) is 0.500. The molecule has 3 heteroatoms. The minimum absolute atomic E-state index is 0.642. The molecule has 0 spiro atoms. The summed E-state index contributed by atoms with van der Waals surface area (Å²) in [5, 5.41) is 10.1. The highest BCUT2D eigenvalue weighted by atomic mass is 16.5. The Morgan fingerprint density at radius 2 is 1.60 bits per heavy atom. The standard InChI is InChI=1S/C12H18O3/c1-5-12(2,13)9-6-10(14-3)8-11(7-9)15-4/h6-8,13H,5H2,1-4H3. The summed E-state index contributed by atoms with van der Waals surface area (Å²) < 4.78 is 10.3. The maximum absolute atomic E-state index is 10.1. The molecule has 1 rings (SSSR count). The van der Waals surface area contributed by atoms with Gasteiger partial charge in [-0.25, -0.2) is 0 Å². The monoisotopic (exact) mass is 210 g/mol. The van der Waals surface area contributed by atoms with Crippen molar-refractivity contribution >= 4 is 0 Å². The molecule has 1 unspecified atom stereocenters. The zero-order valence-corrected chi connectivity index (χ0v) is 9.70. The summed E-state index contributed by atoms with van der Waals surface area (Å²) in [6.07, 6.45) is 0.642. The third-order valence-electron chi connectivity index (χ3n) is 2.66. The molecule has 0 amide bonds. The first kappa shape index (κ1) is 11.9. The second kappa shape index (κ2) is 4.53. The molecular formula is C12H18O3. The molecule has 0 aromatic heterocycles. The lowest BCUT2D eigenvalue weighted by atomic mass is 9.93. The van der Waals surface area contributed by atoms with E-state index in [9.17, 15) is 5.11 Å². The van der Waals surface area contributed by atoms with Crippen molar-refractivity contribution in [3.8, 4) is 11.5 Å². The number of methoxy groups -OCH3 is 2. The Kier molecular flexibility index (Phi) is 3.58. The molecule has 0 aliphatic rings. The van der Waals surface area contributed by atoms with Crippen LogP contribution in [0.25, 0.3) is 0 Å². The van der Waals surface area contributed by atoms with E-state index in [1.165, 1.54) is 0 Å². The van der Waals surface area contributed by atoms with Crippen LogP contribution in [-0.2, 0) is 5.60 Å². The normalized spacial score (nSPS) is 14.5. The molecule has 1 aromatic carbocycles. The maximum atomic E-state index is 10.1. The highest BCUT2D eigenvalue weighted by Crippen LogP contribution is 2.31. The van der Waals surface area contributed by atoms with E-state index in [0.29, 0.717) is 17.9 Å². The van der Waals surface area contributed by atoms with Gasteiger partial charge in [-0.05, 0) is 31.0 Å². The van der Waals surface area contributed by atoms with Crippen LogP contribution in [0.3, 0.4) is 0 Å². The summed E-state index contributed by atoms with van der Waals surface area (Å²) in [5.41, 5.74) is -0.0388. The lowest BCUT2D eigenvalue weighted by Crippen LogP contribution is -2.19. The Bertz CT molecular complexity index is 309. The predicted molar refractivity (Wildman–Crippen MR) is 59.4 cm³/mol. The number of hydrogen-bond donors (Lipinski definition) is 1. The van der Waals surface area contributed by atoms with Crippen LogP contribution in [0.4, 0.5) is 0 Å². The average molecular weight is 210 g/mol. The molecule has 0 radical (unpaired) electrons. The molecule has 84 valence electrons. The molecular weight excluding hydrogens is 192 g/mol. The SMILES string of the molecule is CCC(C)(O)c1cc(OC)cc(OC)c1. The van der Waals surface area contributed by atoms with Gasteiger partial charge >= 0.3 is 0 Å². The van der Waals surface area contributed by atoms with Gasteiger partial charge in [0.25, 0.3) is 0 Å². The lowest BCUT2D eigenvalue weighted by molar-refractivity contribution is 0.0526. The first-order chi connectivity index (χ1) is 7.03. The minimum atomic E-state index is -0.845. The fourth-order valence-electron chi connectivity index (χ4n) is 1.32. The van der Waals surface area contributed by atoms with Crippen LogP contribution in [0, 0.1) is 0 Å². The van der Waals surface area contributed by atoms with Gasteiger partial charge in [0.15, 0.2) is 0 Å². The molecule has 1 N–H and O–H groups in total. The molecule has 0 bridgehead atoms. The number of benzene rings is 1. The topological polar surface area (TPSA) is 38.7 Å². The third kappa shape index (κ3) is 2.63. The van der Waals surface area contributed by atoms with Crippen molar-refractivity contribution in [3.63, 3.8) is 0 Å². The molecule has 0 saturated carbocycles. The molecule has 3 nitrogen and oxygen atoms in total. The average Bonchev–Trinajstić information content (AvgIpc) is 2.28. The molecule has 0 saturated heterocycles. The minimum Gasteiger partial charge on any atom is -0.497 e. The van der Waals surface area contributed by atoms with Gasteiger partial charge in [-0.1, -0.05) is 6.92 Å². The van der Waals surface area contributed by atoms with Crippen molar-refractivity contribution < 1.29 is 14.6 Å². The number of hydrogen-bond acceptors (Lipinski definition) is 3. The molecule has 0 aliphatic carbocycles. The van der Waals surface area contributed by atoms with Gasteiger partial charge < -0.3 is 14.6 Å². The van der Waals surface area contributed by atoms with Crippen molar-refractivity contribution in [2.24, 2.45) is 0 Å². The van der Waals surface area contributed by atoms with Crippen LogP contribution in [0.15, 0.2) is 18.2 Å². The van der Waals surface area contributed by atoms with Gasteiger partial charge in [0, 0.05) is 6.07 Å². The molecule has 0 fully saturated rings. The van der Waals surface area contributed by atoms with Gasteiger partial charge in [0.1, 0.15) is 11.5 Å². The molecule has 0 heterocycles. The summed E-state index contributed by atoms with van der Waals surface area (Å²) in [6, 6.07) is 5.44. The van der Waals surface area contributed by atoms with E-state index in [1.807, 2.05) is 19.1 Å². The summed E-state index contributed by atoms with van der Waals surface area (Å²) in [6.45, 7) is 3.72. The summed E-state index contributed by atoms with van der Waals surface area (Å²) >= 11 is 0. The van der Waals surface area contributed by atoms with Crippen molar-refractivity contribution in [2.45, 2.75) is 25.9 Å². The zero-order chi connectivity index (χ0) is 11.5. The smallest absolute Gasteiger partial charge is 0.122 e. The van der Waals surface area contributed by atoms with Gasteiger partial charge in [-0.15, -0.1) is 0 Å². The Morgan fingerprint density at radius 1 is 1.13 bits per heavy atom. The lowest BCUT2D eigenvalue weighted by Gasteiger charge is -2.23. The van der Waals surface area contributed by atoms with Gasteiger partial charge in [-0.2, -0.15) is 0 Å². The van der Waals surface area contributed by atoms with Gasteiger partial charge in [0.05, 0.1) is 19.8 Å². The number of aliphatic hydroxyl groups is 1. The van der Waals surface area contributed by atoms with Crippen LogP contribution >= 0.6 is 0 Å². The second-order valence-corrected chi connectivity index (χ2v) is 3.73. The summed E-state index contributed by atoms with van der Waals surface area (Å²) in [7, 11) is 3.19. The first-order valence-corrected chi connectivity index (χ1v) is 4.99. The van der Waals surface area contributed by atoms with E-state index in [-0.39, 0.29) is 0 Å². The van der Waals surface area contributed by atoms with Crippen LogP contribution in [0.2, 0.25) is 0 Å². The Balaban J connectivity index is 3.18. The van der Waals surface area contributed by atoms with E-state index < -0.39 is 5.60 Å². The third-order valence-corrected chi connectivity index (χ3v) is 2.66. The van der Waals surface area contributed by atoms with Crippen molar-refractivity contribution in [1.29, 1.82) is 0 Å². The first-order valence-electron chi connectivity index (χ1n) is 4.99. The van der Waals surface area contributed by atoms with Gasteiger partial charge in [0.2, 0.25) is 0 Å².